The predicted molar refractivity (Wildman–Crippen MR) is 74.0 cm³/mol. The minimum atomic E-state index is -0.623. The molecular weight excluding hydrogens is 320 g/mol. The van der Waals surface area contributed by atoms with Gasteiger partial charge in [0, 0.05) is 11.8 Å². The van der Waals surface area contributed by atoms with Gasteiger partial charge in [-0.3, -0.25) is 9.98 Å². The number of aliphatic imine (C=N–C) groups is 2. The van der Waals surface area contributed by atoms with Gasteiger partial charge in [0.05, 0.1) is 12.4 Å². The van der Waals surface area contributed by atoms with E-state index in [0.717, 1.165) is 0 Å². The van der Waals surface area contributed by atoms with Crippen LogP contribution in [0.15, 0.2) is 36.8 Å². The van der Waals surface area contributed by atoms with Gasteiger partial charge in [-0.1, -0.05) is 0 Å². The maximum Gasteiger partial charge on any atom is 2.00 e. The van der Waals surface area contributed by atoms with Crippen LogP contribution in [0.4, 0.5) is 0 Å². The first-order valence-corrected chi connectivity index (χ1v) is 6.12. The monoisotopic (exact) mass is 330 g/mol. The van der Waals surface area contributed by atoms with Crippen LogP contribution in [0.1, 0.15) is 11.5 Å². The fraction of sp³-hybridized carbons (Fsp3) is 0.333. The Bertz CT molecular complexity index is 587. The van der Waals surface area contributed by atoms with Gasteiger partial charge in [-0.05, 0) is 12.1 Å². The third kappa shape index (κ3) is 3.99. The number of oxime groups is 2. The van der Waals surface area contributed by atoms with Crippen LogP contribution in [0.5, 0.6) is 0 Å². The molecule has 3 rings (SSSR count). The van der Waals surface area contributed by atoms with E-state index < -0.39 is 23.9 Å². The smallest absolute Gasteiger partial charge is 0.858 e. The van der Waals surface area contributed by atoms with Crippen LogP contribution in [0, 0.1) is 0 Å². The summed E-state index contributed by atoms with van der Waals surface area (Å²) >= 11 is 0. The number of nitrogens with zero attached hydrogens (tertiary/aromatic N) is 4. The molecule has 0 aliphatic carbocycles. The van der Waals surface area contributed by atoms with Crippen molar-refractivity contribution < 1.29 is 24.3 Å². The van der Waals surface area contributed by atoms with Gasteiger partial charge in [0.2, 0.25) is 0 Å². The summed E-state index contributed by atoms with van der Waals surface area (Å²) < 4.78 is 5.41. The van der Waals surface area contributed by atoms with Crippen molar-refractivity contribution >= 4 is 62.0 Å². The summed E-state index contributed by atoms with van der Waals surface area (Å²) in [6.45, 7) is 0.273. The van der Waals surface area contributed by atoms with E-state index in [0.29, 0.717) is 11.5 Å². The van der Waals surface area contributed by atoms with Crippen LogP contribution < -0.4 is 10.2 Å². The average Bonchev–Trinajstić information content (AvgIpc) is 3.17. The van der Waals surface area contributed by atoms with Crippen molar-refractivity contribution in [3.8, 4) is 0 Å². The first-order chi connectivity index (χ1) is 10.2. The quantitative estimate of drug-likeness (QED) is 0.461. The molecule has 0 spiro atoms. The van der Waals surface area contributed by atoms with E-state index in [9.17, 15) is 10.2 Å². The Morgan fingerprint density at radius 3 is 1.77 bits per heavy atom. The van der Waals surface area contributed by atoms with E-state index in [-0.39, 0.29) is 51.0 Å². The number of hydrogen-bond donors (Lipinski definition) is 0. The van der Waals surface area contributed by atoms with Crippen molar-refractivity contribution in [1.29, 1.82) is 0 Å². The average molecular weight is 330 g/mol. The van der Waals surface area contributed by atoms with Gasteiger partial charge >= 0.3 is 37.7 Å². The summed E-state index contributed by atoms with van der Waals surface area (Å²) in [5.41, 5.74) is 0. The Morgan fingerprint density at radius 1 is 0.955 bits per heavy atom. The fourth-order valence-electron chi connectivity index (χ4n) is 1.65. The molecule has 2 aliphatic heterocycles. The second-order valence-electron chi connectivity index (χ2n) is 4.28. The molecule has 0 saturated heterocycles. The molecule has 1 aromatic heterocycles. The Morgan fingerprint density at radius 2 is 1.41 bits per heavy atom. The predicted octanol–water partition coefficient (Wildman–Crippen LogP) is -2.12. The summed E-state index contributed by atoms with van der Waals surface area (Å²) in [6.07, 6.45) is 2.84. The summed E-state index contributed by atoms with van der Waals surface area (Å²) in [7, 11) is 0. The molecule has 0 bridgehead atoms. The zero-order chi connectivity index (χ0) is 14.7. The van der Waals surface area contributed by atoms with Gasteiger partial charge in [0.15, 0.2) is 0 Å². The molecule has 2 atom stereocenters. The molecule has 2 unspecified atom stereocenters. The maximum atomic E-state index is 11.2. The third-order valence-corrected chi connectivity index (χ3v) is 2.75. The molecule has 110 valence electrons. The molecule has 10 heteroatoms. The normalized spacial score (nSPS) is 24.0. The molecule has 0 fully saturated rings. The molecule has 1 aromatic rings. The molecule has 2 aliphatic rings. The molecule has 0 amide bonds. The number of hydrogen-bond acceptors (Lipinski definition) is 9. The summed E-state index contributed by atoms with van der Waals surface area (Å²) in [5.74, 6) is 0.0795. The van der Waals surface area contributed by atoms with Gasteiger partial charge in [0.25, 0.3) is 0 Å². The van der Waals surface area contributed by atoms with Gasteiger partial charge in [-0.25, -0.2) is 0 Å². The molecular formula is C12H10CaN4O5. The van der Waals surface area contributed by atoms with Crippen LogP contribution in [0.3, 0.4) is 0 Å². The Balaban J connectivity index is 0.00000176. The van der Waals surface area contributed by atoms with Gasteiger partial charge in [-0.15, -0.1) is 10.3 Å². The van der Waals surface area contributed by atoms with Gasteiger partial charge in [-0.2, -0.15) is 0 Å². The first-order valence-electron chi connectivity index (χ1n) is 6.12. The van der Waals surface area contributed by atoms with Crippen LogP contribution in [0.25, 0.3) is 0 Å². The zero-order valence-electron chi connectivity index (χ0n) is 11.4. The van der Waals surface area contributed by atoms with Crippen LogP contribution in [-0.4, -0.2) is 87.3 Å². The second-order valence-corrected chi connectivity index (χ2v) is 4.28. The van der Waals surface area contributed by atoms with Crippen LogP contribution >= 0.6 is 0 Å². The van der Waals surface area contributed by atoms with Crippen molar-refractivity contribution in [2.45, 2.75) is 12.1 Å². The van der Waals surface area contributed by atoms with Crippen molar-refractivity contribution in [3.63, 3.8) is 0 Å². The molecule has 0 aromatic carbocycles. The van der Waals surface area contributed by atoms with Gasteiger partial charge < -0.3 is 24.3 Å². The van der Waals surface area contributed by atoms with E-state index in [1.54, 1.807) is 12.1 Å². The van der Waals surface area contributed by atoms with E-state index in [2.05, 4.69) is 30.0 Å². The topological polar surface area (TPSA) is 127 Å². The van der Waals surface area contributed by atoms with Crippen molar-refractivity contribution in [2.75, 3.05) is 13.2 Å². The fourth-order valence-corrected chi connectivity index (χ4v) is 1.65. The van der Waals surface area contributed by atoms with Crippen LogP contribution in [-0.2, 0) is 9.68 Å². The molecule has 3 heterocycles. The van der Waals surface area contributed by atoms with Gasteiger partial charge in [0.1, 0.15) is 36.8 Å². The Hall–Kier alpha value is -1.58. The van der Waals surface area contributed by atoms with Crippen molar-refractivity contribution in [1.82, 2.24) is 0 Å². The van der Waals surface area contributed by atoms with E-state index in [4.69, 9.17) is 4.42 Å². The molecule has 0 saturated carbocycles. The summed E-state index contributed by atoms with van der Waals surface area (Å²) in [4.78, 5) is 17.3. The van der Waals surface area contributed by atoms with E-state index >= 15 is 0 Å². The first kappa shape index (κ1) is 16.8. The standard InChI is InChI=1S/C12H12N4O5.Ca/c17-11-9(5-19-15-11)13-3-7-1-2-8(21-7)4-14-10-6-20-16-12(10)18;/h1-4,9-10H,5-6H2,(H,15,17)(H,16,18);/q;+2/p-2. The molecule has 9 nitrogen and oxygen atoms in total. The van der Waals surface area contributed by atoms with Crippen molar-refractivity contribution in [3.05, 3.63) is 23.7 Å². The largest absolute Gasteiger partial charge is 2.00 e. The van der Waals surface area contributed by atoms with Crippen LogP contribution in [0.2, 0.25) is 0 Å². The SMILES string of the molecule is [Ca+2].[O-]C1=NOCC1N=Cc1ccc(C=NC2CON=C2[O-])o1. The zero-order valence-corrected chi connectivity index (χ0v) is 13.6. The number of rotatable bonds is 4. The minimum absolute atomic E-state index is 0. The summed E-state index contributed by atoms with van der Waals surface area (Å²) in [6, 6.07) is 2.09. The third-order valence-electron chi connectivity index (χ3n) is 2.75. The number of furan rings is 1. The van der Waals surface area contributed by atoms with Crippen molar-refractivity contribution in [2.24, 2.45) is 20.3 Å². The Labute approximate surface area is 155 Å². The molecule has 0 radical (unpaired) electrons. The summed E-state index contributed by atoms with van der Waals surface area (Å²) in [5, 5.41) is 28.9. The minimum Gasteiger partial charge on any atom is -0.858 e. The molecule has 22 heavy (non-hydrogen) atoms. The van der Waals surface area contributed by atoms with E-state index in [1.165, 1.54) is 12.4 Å². The molecule has 0 N–H and O–H groups in total. The second kappa shape index (κ2) is 7.61. The van der Waals surface area contributed by atoms with E-state index in [1.807, 2.05) is 0 Å². The maximum absolute atomic E-state index is 11.2. The Kier molecular flexibility index (Phi) is 5.81.